The van der Waals surface area contributed by atoms with Crippen molar-refractivity contribution in [3.05, 3.63) is 52.4 Å². The Morgan fingerprint density at radius 2 is 1.67 bits per heavy atom. The topological polar surface area (TPSA) is 43.6 Å². The number of benzene rings is 1. The third-order valence-electron chi connectivity index (χ3n) is 3.18. The summed E-state index contributed by atoms with van der Waals surface area (Å²) in [6.45, 7) is 1.99. The second kappa shape index (κ2) is 5.47. The van der Waals surface area contributed by atoms with Crippen molar-refractivity contribution in [1.82, 2.24) is 19.7 Å². The summed E-state index contributed by atoms with van der Waals surface area (Å²) in [5, 5.41) is 4.91. The van der Waals surface area contributed by atoms with Crippen LogP contribution in [0.3, 0.4) is 0 Å². The van der Waals surface area contributed by atoms with Crippen LogP contribution in [0, 0.1) is 6.92 Å². The molecule has 0 aliphatic rings. The minimum Gasteiger partial charge on any atom is -0.275 e. The maximum absolute atomic E-state index is 6.33. The molecule has 0 unspecified atom stereocenters. The SMILES string of the molecule is Cc1ccccc1-c1c(Cl)nc(-c2ccn(C)n2)nc1Cl. The Morgan fingerprint density at radius 1 is 1.00 bits per heavy atom. The van der Waals surface area contributed by atoms with Gasteiger partial charge in [0.05, 0.1) is 5.56 Å². The maximum atomic E-state index is 6.33. The van der Waals surface area contributed by atoms with Crippen molar-refractivity contribution in [2.45, 2.75) is 6.92 Å². The molecule has 0 N–H and O–H groups in total. The van der Waals surface area contributed by atoms with E-state index in [0.29, 0.717) is 27.4 Å². The largest absolute Gasteiger partial charge is 0.275 e. The molecule has 2 heterocycles. The van der Waals surface area contributed by atoms with E-state index in [4.69, 9.17) is 23.2 Å². The lowest BCUT2D eigenvalue weighted by Gasteiger charge is -2.10. The summed E-state index contributed by atoms with van der Waals surface area (Å²) in [5.74, 6) is 0.419. The number of nitrogens with zero attached hydrogens (tertiary/aromatic N) is 4. The number of aromatic nitrogens is 4. The highest BCUT2D eigenvalue weighted by atomic mass is 35.5. The molecule has 2 aromatic heterocycles. The van der Waals surface area contributed by atoms with Crippen LogP contribution in [0.15, 0.2) is 36.5 Å². The van der Waals surface area contributed by atoms with Crippen LogP contribution in [0.1, 0.15) is 5.56 Å². The first kappa shape index (κ1) is 14.0. The summed E-state index contributed by atoms with van der Waals surface area (Å²) in [6, 6.07) is 9.65. The predicted molar refractivity (Wildman–Crippen MR) is 84.4 cm³/mol. The van der Waals surface area contributed by atoms with Crippen LogP contribution in [-0.2, 0) is 7.05 Å². The highest BCUT2D eigenvalue weighted by Crippen LogP contribution is 2.35. The van der Waals surface area contributed by atoms with Crippen LogP contribution in [0.25, 0.3) is 22.6 Å². The summed E-state index contributed by atoms with van der Waals surface area (Å²) >= 11 is 12.7. The van der Waals surface area contributed by atoms with Gasteiger partial charge >= 0.3 is 0 Å². The van der Waals surface area contributed by atoms with Crippen LogP contribution in [0.4, 0.5) is 0 Å². The smallest absolute Gasteiger partial charge is 0.182 e. The average Bonchev–Trinajstić information content (AvgIpc) is 2.87. The van der Waals surface area contributed by atoms with Gasteiger partial charge in [-0.2, -0.15) is 5.10 Å². The lowest BCUT2D eigenvalue weighted by atomic mass is 10.0. The van der Waals surface area contributed by atoms with Gasteiger partial charge in [-0.3, -0.25) is 4.68 Å². The van der Waals surface area contributed by atoms with E-state index in [1.165, 1.54) is 0 Å². The number of rotatable bonds is 2. The number of aryl methyl sites for hydroxylation is 2. The molecular weight excluding hydrogens is 307 g/mol. The van der Waals surface area contributed by atoms with Crippen molar-refractivity contribution < 1.29 is 0 Å². The van der Waals surface area contributed by atoms with E-state index in [-0.39, 0.29) is 0 Å². The molecule has 106 valence electrons. The molecule has 1 aromatic carbocycles. The molecule has 0 saturated heterocycles. The number of halogens is 2. The number of hydrogen-bond donors (Lipinski definition) is 0. The molecule has 0 radical (unpaired) electrons. The first-order chi connectivity index (χ1) is 10.1. The average molecular weight is 319 g/mol. The van der Waals surface area contributed by atoms with Crippen molar-refractivity contribution >= 4 is 23.2 Å². The van der Waals surface area contributed by atoms with E-state index in [0.717, 1.165) is 11.1 Å². The van der Waals surface area contributed by atoms with Crippen molar-refractivity contribution in [2.75, 3.05) is 0 Å². The van der Waals surface area contributed by atoms with Gasteiger partial charge in [-0.1, -0.05) is 47.5 Å². The molecule has 0 aliphatic heterocycles. The lowest BCUT2D eigenvalue weighted by Crippen LogP contribution is -1.97. The van der Waals surface area contributed by atoms with Gasteiger partial charge in [-0.25, -0.2) is 9.97 Å². The van der Waals surface area contributed by atoms with Crippen LogP contribution >= 0.6 is 23.2 Å². The molecule has 0 saturated carbocycles. The molecule has 0 fully saturated rings. The van der Waals surface area contributed by atoms with Crippen molar-refractivity contribution in [3.63, 3.8) is 0 Å². The molecule has 3 aromatic rings. The van der Waals surface area contributed by atoms with Crippen molar-refractivity contribution in [3.8, 4) is 22.6 Å². The van der Waals surface area contributed by atoms with E-state index in [9.17, 15) is 0 Å². The van der Waals surface area contributed by atoms with Gasteiger partial charge in [-0.15, -0.1) is 0 Å². The second-order valence-electron chi connectivity index (χ2n) is 4.69. The van der Waals surface area contributed by atoms with Crippen LogP contribution in [0.5, 0.6) is 0 Å². The van der Waals surface area contributed by atoms with Crippen LogP contribution in [-0.4, -0.2) is 19.7 Å². The maximum Gasteiger partial charge on any atom is 0.182 e. The number of hydrogen-bond acceptors (Lipinski definition) is 3. The van der Waals surface area contributed by atoms with Gasteiger partial charge in [0.1, 0.15) is 16.0 Å². The molecule has 21 heavy (non-hydrogen) atoms. The quantitative estimate of drug-likeness (QED) is 0.666. The Hall–Kier alpha value is -1.91. The van der Waals surface area contributed by atoms with Gasteiger partial charge in [0, 0.05) is 13.2 Å². The summed E-state index contributed by atoms with van der Waals surface area (Å²) in [7, 11) is 1.83. The Bertz CT molecular complexity index is 788. The van der Waals surface area contributed by atoms with Gasteiger partial charge in [0.15, 0.2) is 5.82 Å². The molecule has 0 bridgehead atoms. The third kappa shape index (κ3) is 2.64. The second-order valence-corrected chi connectivity index (χ2v) is 5.41. The van der Waals surface area contributed by atoms with E-state index >= 15 is 0 Å². The Balaban J connectivity index is 2.15. The van der Waals surface area contributed by atoms with Gasteiger partial charge in [0.2, 0.25) is 0 Å². The highest BCUT2D eigenvalue weighted by molar-refractivity contribution is 6.37. The lowest BCUT2D eigenvalue weighted by molar-refractivity contribution is 0.768. The predicted octanol–water partition coefficient (Wildman–Crippen LogP) is 4.16. The third-order valence-corrected chi connectivity index (χ3v) is 3.72. The fraction of sp³-hybridized carbons (Fsp3) is 0.133. The molecule has 0 aliphatic carbocycles. The Labute approximate surface area is 132 Å². The fourth-order valence-corrected chi connectivity index (χ4v) is 2.72. The zero-order valence-electron chi connectivity index (χ0n) is 11.5. The summed E-state index contributed by atoms with van der Waals surface area (Å²) in [6.07, 6.45) is 1.82. The van der Waals surface area contributed by atoms with E-state index < -0.39 is 0 Å². The molecule has 3 rings (SSSR count). The van der Waals surface area contributed by atoms with Crippen LogP contribution in [0.2, 0.25) is 10.3 Å². The minimum absolute atomic E-state index is 0.324. The standard InChI is InChI=1S/C15H12Cl2N4/c1-9-5-3-4-6-10(9)12-13(16)18-15(19-14(12)17)11-7-8-21(2)20-11/h3-8H,1-2H3. The molecule has 6 heteroatoms. The summed E-state index contributed by atoms with van der Waals surface area (Å²) < 4.78 is 1.68. The molecule has 0 spiro atoms. The summed E-state index contributed by atoms with van der Waals surface area (Å²) in [5.41, 5.74) is 3.28. The molecular formula is C15H12Cl2N4. The van der Waals surface area contributed by atoms with Gasteiger partial charge in [0.25, 0.3) is 0 Å². The molecule has 0 atom stereocenters. The summed E-state index contributed by atoms with van der Waals surface area (Å²) in [4.78, 5) is 8.66. The zero-order chi connectivity index (χ0) is 15.0. The molecule has 4 nitrogen and oxygen atoms in total. The zero-order valence-corrected chi connectivity index (χ0v) is 13.0. The van der Waals surface area contributed by atoms with E-state index in [2.05, 4.69) is 15.1 Å². The Kier molecular flexibility index (Phi) is 3.66. The fourth-order valence-electron chi connectivity index (χ4n) is 2.13. The normalized spacial score (nSPS) is 10.9. The van der Waals surface area contributed by atoms with Gasteiger partial charge in [-0.05, 0) is 24.1 Å². The van der Waals surface area contributed by atoms with Gasteiger partial charge < -0.3 is 0 Å². The highest BCUT2D eigenvalue weighted by Gasteiger charge is 2.16. The van der Waals surface area contributed by atoms with E-state index in [1.54, 1.807) is 4.68 Å². The van der Waals surface area contributed by atoms with Crippen LogP contribution < -0.4 is 0 Å². The van der Waals surface area contributed by atoms with Crippen molar-refractivity contribution in [1.29, 1.82) is 0 Å². The van der Waals surface area contributed by atoms with E-state index in [1.807, 2.05) is 50.5 Å². The molecule has 0 amide bonds. The first-order valence-corrected chi connectivity index (χ1v) is 7.11. The minimum atomic E-state index is 0.324. The monoisotopic (exact) mass is 318 g/mol. The van der Waals surface area contributed by atoms with Crippen molar-refractivity contribution in [2.24, 2.45) is 7.05 Å². The first-order valence-electron chi connectivity index (χ1n) is 6.35. The Morgan fingerprint density at radius 3 is 2.24 bits per heavy atom.